The lowest BCUT2D eigenvalue weighted by Crippen LogP contribution is -2.42. The smallest absolute Gasteiger partial charge is 0.258 e. The number of nitrogens with zero attached hydrogens (tertiary/aromatic N) is 1. The molecule has 0 aromatic heterocycles. The molecule has 3 saturated heterocycles. The van der Waals surface area contributed by atoms with Crippen molar-refractivity contribution in [1.29, 1.82) is 0 Å². The van der Waals surface area contributed by atoms with E-state index in [2.05, 4.69) is 5.32 Å². The molecule has 1 amide bonds. The van der Waals surface area contributed by atoms with Crippen molar-refractivity contribution >= 4 is 11.6 Å². The molecule has 6 nitrogen and oxygen atoms in total. The Kier molecular flexibility index (Phi) is 5.72. The van der Waals surface area contributed by atoms with Gasteiger partial charge in [0.05, 0.1) is 6.10 Å². The first-order valence-corrected chi connectivity index (χ1v) is 12.4. The number of piperidine rings is 1. The molecule has 0 radical (unpaired) electrons. The highest BCUT2D eigenvalue weighted by molar-refractivity contribution is 6.08. The summed E-state index contributed by atoms with van der Waals surface area (Å²) in [6, 6.07) is 15.1. The van der Waals surface area contributed by atoms with Crippen LogP contribution in [0.2, 0.25) is 0 Å². The number of ether oxygens (including phenoxy) is 3. The van der Waals surface area contributed by atoms with Crippen molar-refractivity contribution in [2.75, 3.05) is 24.7 Å². The second-order valence-corrected chi connectivity index (χ2v) is 9.81. The van der Waals surface area contributed by atoms with Crippen LogP contribution in [-0.4, -0.2) is 50.0 Å². The summed E-state index contributed by atoms with van der Waals surface area (Å²) in [5, 5.41) is 3.66. The highest BCUT2D eigenvalue weighted by atomic mass is 16.5. The first kappa shape index (κ1) is 21.0. The van der Waals surface area contributed by atoms with Crippen molar-refractivity contribution in [3.63, 3.8) is 0 Å². The quantitative estimate of drug-likeness (QED) is 0.721. The molecule has 0 unspecified atom stereocenters. The molecular formula is C27H32N2O4. The van der Waals surface area contributed by atoms with Crippen LogP contribution < -0.4 is 19.7 Å². The average molecular weight is 449 g/mol. The van der Waals surface area contributed by atoms with Crippen LogP contribution >= 0.6 is 0 Å². The molecule has 4 aliphatic rings. The number of anilines is 1. The zero-order chi connectivity index (χ0) is 22.2. The van der Waals surface area contributed by atoms with Gasteiger partial charge in [0.25, 0.3) is 5.91 Å². The maximum atomic E-state index is 13.2. The van der Waals surface area contributed by atoms with Gasteiger partial charge in [-0.2, -0.15) is 0 Å². The van der Waals surface area contributed by atoms with Crippen LogP contribution in [0.15, 0.2) is 42.5 Å². The predicted octanol–water partition coefficient (Wildman–Crippen LogP) is 4.11. The van der Waals surface area contributed by atoms with Crippen LogP contribution in [0.25, 0.3) is 0 Å². The average Bonchev–Trinajstić information content (AvgIpc) is 3.48. The highest BCUT2D eigenvalue weighted by Crippen LogP contribution is 2.32. The van der Waals surface area contributed by atoms with Gasteiger partial charge >= 0.3 is 0 Å². The molecule has 4 heterocycles. The fourth-order valence-corrected chi connectivity index (χ4v) is 5.76. The molecule has 0 spiro atoms. The van der Waals surface area contributed by atoms with Gasteiger partial charge in [0.2, 0.25) is 0 Å². The Morgan fingerprint density at radius 3 is 2.55 bits per heavy atom. The summed E-state index contributed by atoms with van der Waals surface area (Å²) in [6.07, 6.45) is 8.15. The van der Waals surface area contributed by atoms with Gasteiger partial charge in [-0.05, 0) is 93.0 Å². The summed E-state index contributed by atoms with van der Waals surface area (Å²) in [6.45, 7) is 2.07. The zero-order valence-electron chi connectivity index (χ0n) is 19.0. The maximum Gasteiger partial charge on any atom is 0.258 e. The minimum absolute atomic E-state index is 0.0468. The summed E-state index contributed by atoms with van der Waals surface area (Å²) in [7, 11) is 0. The third-order valence-corrected chi connectivity index (χ3v) is 7.50. The second-order valence-electron chi connectivity index (χ2n) is 9.81. The van der Waals surface area contributed by atoms with Crippen molar-refractivity contribution < 1.29 is 19.0 Å². The molecule has 174 valence electrons. The van der Waals surface area contributed by atoms with Gasteiger partial charge in [0, 0.05) is 36.5 Å². The summed E-state index contributed by atoms with van der Waals surface area (Å²) < 4.78 is 17.8. The van der Waals surface area contributed by atoms with E-state index in [0.29, 0.717) is 25.2 Å². The predicted molar refractivity (Wildman–Crippen MR) is 126 cm³/mol. The van der Waals surface area contributed by atoms with E-state index in [1.54, 1.807) is 0 Å². The van der Waals surface area contributed by atoms with Gasteiger partial charge in [0.1, 0.15) is 24.2 Å². The molecule has 2 aromatic carbocycles. The van der Waals surface area contributed by atoms with Gasteiger partial charge in [-0.3, -0.25) is 4.79 Å². The molecule has 6 rings (SSSR count). The molecule has 0 saturated carbocycles. The third-order valence-electron chi connectivity index (χ3n) is 7.50. The van der Waals surface area contributed by atoms with Crippen molar-refractivity contribution in [2.45, 2.75) is 69.2 Å². The molecule has 1 N–H and O–H groups in total. The van der Waals surface area contributed by atoms with Crippen LogP contribution in [0.1, 0.15) is 54.4 Å². The van der Waals surface area contributed by atoms with Crippen LogP contribution in [0, 0.1) is 0 Å². The Hall–Kier alpha value is -2.57. The number of benzene rings is 2. The standard InChI is InChI=1S/C27H32N2O4/c30-27-26-10-9-23(32-17-24-2-1-13-31-24)14-18(26)11-12-29(27)21-5-7-22(8-6-21)33-25-15-19-3-4-20(16-25)28-19/h5-10,14,19-20,24-25,28H,1-4,11-13,15-17H2/t19-,20+,24-,25+/m0/s1. The molecule has 3 fully saturated rings. The topological polar surface area (TPSA) is 60.0 Å². The van der Waals surface area contributed by atoms with Gasteiger partial charge in [-0.1, -0.05) is 0 Å². The molecule has 33 heavy (non-hydrogen) atoms. The van der Waals surface area contributed by atoms with Crippen LogP contribution in [0.3, 0.4) is 0 Å². The van der Waals surface area contributed by atoms with Crippen LogP contribution in [0.5, 0.6) is 11.5 Å². The Morgan fingerprint density at radius 1 is 1.00 bits per heavy atom. The number of carbonyl (C=O) groups is 1. The van der Waals surface area contributed by atoms with Crippen molar-refractivity contribution in [3.05, 3.63) is 53.6 Å². The fraction of sp³-hybridized carbons (Fsp3) is 0.519. The van der Waals surface area contributed by atoms with Crippen molar-refractivity contribution in [3.8, 4) is 11.5 Å². The van der Waals surface area contributed by atoms with E-state index in [4.69, 9.17) is 14.2 Å². The molecule has 0 aliphatic carbocycles. The lowest BCUT2D eigenvalue weighted by molar-refractivity contribution is 0.0679. The number of hydrogen-bond donors (Lipinski definition) is 1. The van der Waals surface area contributed by atoms with E-state index in [0.717, 1.165) is 67.0 Å². The first-order chi connectivity index (χ1) is 16.2. The minimum atomic E-state index is 0.0468. The summed E-state index contributed by atoms with van der Waals surface area (Å²) in [5.41, 5.74) is 2.74. The summed E-state index contributed by atoms with van der Waals surface area (Å²) in [5.74, 6) is 1.76. The van der Waals surface area contributed by atoms with Crippen molar-refractivity contribution in [2.24, 2.45) is 0 Å². The Labute approximate surface area is 195 Å². The van der Waals surface area contributed by atoms with Crippen molar-refractivity contribution in [1.82, 2.24) is 5.32 Å². The Balaban J connectivity index is 1.09. The van der Waals surface area contributed by atoms with Gasteiger partial charge in [-0.25, -0.2) is 0 Å². The summed E-state index contributed by atoms with van der Waals surface area (Å²) >= 11 is 0. The molecule has 6 heteroatoms. The zero-order valence-corrected chi connectivity index (χ0v) is 19.0. The van der Waals surface area contributed by atoms with E-state index in [-0.39, 0.29) is 18.1 Å². The van der Waals surface area contributed by atoms with Crippen LogP contribution in [0.4, 0.5) is 5.69 Å². The third kappa shape index (κ3) is 4.46. The molecule has 2 aromatic rings. The van der Waals surface area contributed by atoms with E-state index in [1.807, 2.05) is 47.4 Å². The SMILES string of the molecule is O=C1c2ccc(OC[C@@H]3CCCO3)cc2CCN1c1ccc(O[C@H]2C[C@H]3CC[C@@H](C2)N3)cc1. The molecule has 2 bridgehead atoms. The fourth-order valence-electron chi connectivity index (χ4n) is 5.76. The number of rotatable bonds is 6. The van der Waals surface area contributed by atoms with E-state index < -0.39 is 0 Å². The van der Waals surface area contributed by atoms with E-state index in [9.17, 15) is 4.79 Å². The molecular weight excluding hydrogens is 416 g/mol. The summed E-state index contributed by atoms with van der Waals surface area (Å²) in [4.78, 5) is 15.1. The highest BCUT2D eigenvalue weighted by Gasteiger charge is 2.34. The Bertz CT molecular complexity index is 990. The van der Waals surface area contributed by atoms with Crippen LogP contribution in [-0.2, 0) is 11.2 Å². The number of fused-ring (bicyclic) bond motifs is 3. The van der Waals surface area contributed by atoms with Gasteiger partial charge < -0.3 is 24.4 Å². The number of amides is 1. The van der Waals surface area contributed by atoms with E-state index >= 15 is 0 Å². The molecule has 4 aliphatic heterocycles. The largest absolute Gasteiger partial charge is 0.491 e. The number of hydrogen-bond acceptors (Lipinski definition) is 5. The van der Waals surface area contributed by atoms with Gasteiger partial charge in [0.15, 0.2) is 0 Å². The molecule has 4 atom stereocenters. The second kappa shape index (κ2) is 8.99. The minimum Gasteiger partial charge on any atom is -0.491 e. The Morgan fingerprint density at radius 2 is 1.79 bits per heavy atom. The lowest BCUT2D eigenvalue weighted by atomic mass is 9.98. The number of carbonyl (C=O) groups excluding carboxylic acids is 1. The normalized spacial score (nSPS) is 28.6. The number of nitrogens with one attached hydrogen (secondary N) is 1. The monoisotopic (exact) mass is 448 g/mol. The lowest BCUT2D eigenvalue weighted by Gasteiger charge is -2.30. The van der Waals surface area contributed by atoms with Gasteiger partial charge in [-0.15, -0.1) is 0 Å². The maximum absolute atomic E-state index is 13.2. The first-order valence-electron chi connectivity index (χ1n) is 12.4. The van der Waals surface area contributed by atoms with E-state index in [1.165, 1.54) is 12.8 Å².